The highest BCUT2D eigenvalue weighted by molar-refractivity contribution is 5.80. The summed E-state index contributed by atoms with van der Waals surface area (Å²) in [7, 11) is 2.04. The number of aromatic nitrogens is 4. The largest absolute Gasteiger partial charge is 0.338 e. The summed E-state index contributed by atoms with van der Waals surface area (Å²) in [6.07, 6.45) is 7.54. The first-order valence-corrected chi connectivity index (χ1v) is 11.0. The molecule has 2 atom stereocenters. The van der Waals surface area contributed by atoms with Gasteiger partial charge in [0.1, 0.15) is 17.7 Å². The second-order valence-corrected chi connectivity index (χ2v) is 8.59. The number of piperazine rings is 1. The summed E-state index contributed by atoms with van der Waals surface area (Å²) in [5.74, 6) is 2.43. The molecule has 1 aliphatic rings. The maximum absolute atomic E-state index is 13.2. The van der Waals surface area contributed by atoms with Crippen molar-refractivity contribution in [3.8, 4) is 0 Å². The van der Waals surface area contributed by atoms with Crippen LogP contribution in [0.1, 0.15) is 56.0 Å². The maximum atomic E-state index is 13.2. The van der Waals surface area contributed by atoms with E-state index in [1.54, 1.807) is 6.20 Å². The van der Waals surface area contributed by atoms with Crippen molar-refractivity contribution in [3.63, 3.8) is 0 Å². The number of hydrogen-bond donors (Lipinski definition) is 0. The number of benzene rings is 1. The van der Waals surface area contributed by atoms with E-state index >= 15 is 0 Å². The van der Waals surface area contributed by atoms with Gasteiger partial charge in [-0.1, -0.05) is 44.2 Å². The fraction of sp³-hybridized carbons (Fsp3) is 0.458. The number of carbonyl (C=O) groups excluding carboxylic acids is 1. The summed E-state index contributed by atoms with van der Waals surface area (Å²) in [5, 5.41) is 0. The highest BCUT2D eigenvalue weighted by Gasteiger charge is 2.32. The molecule has 0 spiro atoms. The second kappa shape index (κ2) is 9.06. The average molecular weight is 421 g/mol. The van der Waals surface area contributed by atoms with Crippen LogP contribution in [0.3, 0.4) is 0 Å². The second-order valence-electron chi connectivity index (χ2n) is 8.59. The monoisotopic (exact) mass is 420 g/mol. The van der Waals surface area contributed by atoms with Crippen LogP contribution in [0.15, 0.2) is 55.1 Å². The molecule has 31 heavy (non-hydrogen) atoms. The molecule has 2 aromatic heterocycles. The number of amides is 1. The highest BCUT2D eigenvalue weighted by atomic mass is 16.2. The zero-order valence-corrected chi connectivity index (χ0v) is 18.8. The maximum Gasteiger partial charge on any atom is 0.245 e. The third-order valence-corrected chi connectivity index (χ3v) is 6.20. The van der Waals surface area contributed by atoms with Gasteiger partial charge in [-0.25, -0.2) is 9.97 Å². The zero-order valence-electron chi connectivity index (χ0n) is 18.8. The molecule has 1 amide bonds. The Morgan fingerprint density at radius 2 is 1.55 bits per heavy atom. The van der Waals surface area contributed by atoms with Crippen LogP contribution in [0.5, 0.6) is 0 Å². The molecule has 1 aromatic carbocycles. The third kappa shape index (κ3) is 4.28. The quantitative estimate of drug-likeness (QED) is 0.614. The van der Waals surface area contributed by atoms with Gasteiger partial charge in [0, 0.05) is 63.9 Å². The van der Waals surface area contributed by atoms with Crippen molar-refractivity contribution in [2.45, 2.75) is 38.8 Å². The van der Waals surface area contributed by atoms with Gasteiger partial charge in [-0.2, -0.15) is 0 Å². The summed E-state index contributed by atoms with van der Waals surface area (Å²) in [6, 6.07) is 10.3. The first-order chi connectivity index (χ1) is 15.0. The van der Waals surface area contributed by atoms with Crippen molar-refractivity contribution in [2.24, 2.45) is 7.05 Å². The van der Waals surface area contributed by atoms with Crippen LogP contribution in [-0.4, -0.2) is 61.0 Å². The van der Waals surface area contributed by atoms with Crippen molar-refractivity contribution >= 4 is 5.91 Å². The standard InChI is InChI=1S/C24H32N6O/c1-18(2)22-25-11-13-30(22)19(3)24(31)29-16-14-28(15-17-29)21(20-8-6-5-7-9-20)23-26-10-12-27(23)4/h5-13,18-19,21H,14-17H2,1-4H3/t19-,21+/m0/s1. The van der Waals surface area contributed by atoms with Gasteiger partial charge >= 0.3 is 0 Å². The highest BCUT2D eigenvalue weighted by Crippen LogP contribution is 2.29. The third-order valence-electron chi connectivity index (χ3n) is 6.20. The Hall–Kier alpha value is -2.93. The van der Waals surface area contributed by atoms with Crippen molar-refractivity contribution in [3.05, 3.63) is 72.3 Å². The molecular weight excluding hydrogens is 388 g/mol. The lowest BCUT2D eigenvalue weighted by molar-refractivity contribution is -0.136. The van der Waals surface area contributed by atoms with Crippen LogP contribution in [0.25, 0.3) is 0 Å². The fourth-order valence-electron chi connectivity index (χ4n) is 4.48. The van der Waals surface area contributed by atoms with E-state index in [9.17, 15) is 4.79 Å². The Morgan fingerprint density at radius 1 is 0.903 bits per heavy atom. The Bertz CT molecular complexity index is 1000. The minimum atomic E-state index is -0.245. The summed E-state index contributed by atoms with van der Waals surface area (Å²) in [5.41, 5.74) is 1.23. The number of carbonyl (C=O) groups is 1. The first kappa shape index (κ1) is 21.3. The molecule has 1 aliphatic heterocycles. The topological polar surface area (TPSA) is 59.2 Å². The van der Waals surface area contributed by atoms with E-state index in [1.807, 2.05) is 48.1 Å². The summed E-state index contributed by atoms with van der Waals surface area (Å²) in [4.78, 5) is 26.8. The molecule has 3 heterocycles. The van der Waals surface area contributed by atoms with Gasteiger partial charge in [0.05, 0.1) is 6.04 Å². The number of hydrogen-bond acceptors (Lipinski definition) is 4. The van der Waals surface area contributed by atoms with Crippen LogP contribution < -0.4 is 0 Å². The van der Waals surface area contributed by atoms with Crippen molar-refractivity contribution in [1.29, 1.82) is 0 Å². The van der Waals surface area contributed by atoms with E-state index in [0.29, 0.717) is 13.1 Å². The van der Waals surface area contributed by atoms with Gasteiger partial charge in [-0.3, -0.25) is 9.69 Å². The van der Waals surface area contributed by atoms with E-state index in [1.165, 1.54) is 5.56 Å². The lowest BCUT2D eigenvalue weighted by Crippen LogP contribution is -2.51. The number of nitrogens with zero attached hydrogens (tertiary/aromatic N) is 6. The van der Waals surface area contributed by atoms with E-state index < -0.39 is 0 Å². The molecule has 0 saturated carbocycles. The number of rotatable bonds is 6. The molecule has 1 fully saturated rings. The smallest absolute Gasteiger partial charge is 0.245 e. The van der Waals surface area contributed by atoms with E-state index in [0.717, 1.165) is 24.7 Å². The first-order valence-electron chi connectivity index (χ1n) is 11.0. The Balaban J connectivity index is 1.48. The number of imidazole rings is 2. The minimum absolute atomic E-state index is 0.0806. The number of aryl methyl sites for hydroxylation is 1. The van der Waals surface area contributed by atoms with Gasteiger partial charge in [0.15, 0.2) is 0 Å². The van der Waals surface area contributed by atoms with Crippen molar-refractivity contribution in [2.75, 3.05) is 26.2 Å². The summed E-state index contributed by atoms with van der Waals surface area (Å²) < 4.78 is 4.10. The normalized spacial score (nSPS) is 17.1. The van der Waals surface area contributed by atoms with Crippen LogP contribution >= 0.6 is 0 Å². The zero-order chi connectivity index (χ0) is 22.0. The van der Waals surface area contributed by atoms with E-state index in [4.69, 9.17) is 0 Å². The predicted molar refractivity (Wildman–Crippen MR) is 121 cm³/mol. The molecule has 0 N–H and O–H groups in total. The molecule has 1 saturated heterocycles. The molecule has 7 nitrogen and oxygen atoms in total. The molecule has 7 heteroatoms. The summed E-state index contributed by atoms with van der Waals surface area (Å²) >= 11 is 0. The van der Waals surface area contributed by atoms with Crippen LogP contribution in [0.2, 0.25) is 0 Å². The van der Waals surface area contributed by atoms with Gasteiger partial charge in [0.25, 0.3) is 0 Å². The summed E-state index contributed by atoms with van der Waals surface area (Å²) in [6.45, 7) is 9.23. The minimum Gasteiger partial charge on any atom is -0.338 e. The SMILES string of the molecule is CC(C)c1nccn1[C@@H](C)C(=O)N1CCN([C@H](c2ccccc2)c2nccn2C)CC1. The lowest BCUT2D eigenvalue weighted by Gasteiger charge is -2.40. The van der Waals surface area contributed by atoms with Gasteiger partial charge in [-0.15, -0.1) is 0 Å². The van der Waals surface area contributed by atoms with Gasteiger partial charge < -0.3 is 14.0 Å². The lowest BCUT2D eigenvalue weighted by atomic mass is 10.0. The fourth-order valence-corrected chi connectivity index (χ4v) is 4.48. The Morgan fingerprint density at radius 3 is 2.16 bits per heavy atom. The average Bonchev–Trinajstić information content (AvgIpc) is 3.44. The Kier molecular flexibility index (Phi) is 6.23. The van der Waals surface area contributed by atoms with Gasteiger partial charge in [-0.05, 0) is 12.5 Å². The molecule has 4 rings (SSSR count). The van der Waals surface area contributed by atoms with Gasteiger partial charge in [0.2, 0.25) is 5.91 Å². The van der Waals surface area contributed by atoms with Crippen molar-refractivity contribution in [1.82, 2.24) is 28.9 Å². The van der Waals surface area contributed by atoms with Crippen LogP contribution in [0.4, 0.5) is 0 Å². The molecule has 0 aliphatic carbocycles. The molecule has 3 aromatic rings. The predicted octanol–water partition coefficient (Wildman–Crippen LogP) is 3.23. The molecular formula is C24H32N6O. The Labute approximate surface area is 184 Å². The molecule has 0 radical (unpaired) electrons. The van der Waals surface area contributed by atoms with Crippen LogP contribution in [-0.2, 0) is 11.8 Å². The van der Waals surface area contributed by atoms with E-state index in [2.05, 4.69) is 57.5 Å². The molecule has 0 unspecified atom stereocenters. The van der Waals surface area contributed by atoms with E-state index in [-0.39, 0.29) is 23.9 Å². The molecule has 164 valence electrons. The van der Waals surface area contributed by atoms with Crippen LogP contribution in [0, 0.1) is 0 Å². The van der Waals surface area contributed by atoms with Crippen molar-refractivity contribution < 1.29 is 4.79 Å². The molecule has 0 bridgehead atoms.